The minimum atomic E-state index is -4.14. The molecule has 1 heterocycles. The molecule has 5 nitrogen and oxygen atoms in total. The molecule has 0 aromatic rings. The first kappa shape index (κ1) is 12.6. The number of phosphoric ester groups is 1. The van der Waals surface area contributed by atoms with Crippen molar-refractivity contribution in [2.75, 3.05) is 6.61 Å². The normalized spacial score (nSPS) is 47.5. The predicted molar refractivity (Wildman–Crippen MR) is 56.1 cm³/mol. The van der Waals surface area contributed by atoms with Gasteiger partial charge in [-0.25, -0.2) is 0 Å². The van der Waals surface area contributed by atoms with Gasteiger partial charge in [0, 0.05) is 5.92 Å². The lowest BCUT2D eigenvalue weighted by Crippen LogP contribution is -2.38. The average molecular weight is 245 g/mol. The van der Waals surface area contributed by atoms with E-state index in [0.29, 0.717) is 13.0 Å². The van der Waals surface area contributed by atoms with Gasteiger partial charge in [-0.15, -0.1) is 0 Å². The maximum Gasteiger partial charge on any atom is 0.268 e. The van der Waals surface area contributed by atoms with Gasteiger partial charge in [0.15, 0.2) is 0 Å². The van der Waals surface area contributed by atoms with Crippen molar-refractivity contribution < 1.29 is 23.2 Å². The SMILES string of the molecule is [B][C@H]1C[C@H]2OP(=O)([O-])OC1[C@@H]2COC(C)C. The van der Waals surface area contributed by atoms with E-state index >= 15 is 0 Å². The molecule has 0 aromatic carbocycles. The lowest BCUT2D eigenvalue weighted by molar-refractivity contribution is -0.246. The Balaban J connectivity index is 2.03. The molecule has 1 saturated heterocycles. The van der Waals surface area contributed by atoms with Gasteiger partial charge in [0.2, 0.25) is 0 Å². The van der Waals surface area contributed by atoms with Crippen LogP contribution in [0.5, 0.6) is 0 Å². The van der Waals surface area contributed by atoms with Crippen LogP contribution in [0.3, 0.4) is 0 Å². The van der Waals surface area contributed by atoms with Gasteiger partial charge in [-0.1, -0.05) is 0 Å². The van der Waals surface area contributed by atoms with Crippen LogP contribution in [0.15, 0.2) is 0 Å². The summed E-state index contributed by atoms with van der Waals surface area (Å²) >= 11 is 0. The molecule has 2 aliphatic rings. The van der Waals surface area contributed by atoms with Crippen LogP contribution < -0.4 is 4.89 Å². The molecule has 90 valence electrons. The third-order valence-corrected chi connectivity index (χ3v) is 3.99. The molecule has 0 amide bonds. The molecule has 2 bridgehead atoms. The number of hydrogen-bond donors (Lipinski definition) is 0. The fourth-order valence-electron chi connectivity index (χ4n) is 2.23. The van der Waals surface area contributed by atoms with Gasteiger partial charge in [0.05, 0.1) is 32.8 Å². The Morgan fingerprint density at radius 3 is 2.81 bits per heavy atom. The summed E-state index contributed by atoms with van der Waals surface area (Å²) in [5.41, 5.74) is 0. The second-order valence-corrected chi connectivity index (χ2v) is 5.92. The monoisotopic (exact) mass is 245 g/mol. The maximum atomic E-state index is 11.2. The van der Waals surface area contributed by atoms with Crippen molar-refractivity contribution in [1.29, 1.82) is 0 Å². The van der Waals surface area contributed by atoms with Crippen LogP contribution in [-0.2, 0) is 18.3 Å². The van der Waals surface area contributed by atoms with E-state index in [2.05, 4.69) is 0 Å². The maximum absolute atomic E-state index is 11.2. The lowest BCUT2D eigenvalue weighted by atomic mass is 9.83. The standard InChI is InChI=1S/C9H16BO5P/c1-5(2)13-4-6-8-3-7(10)9(6)15-16(11,12)14-8/h5-9H,3-4H2,1-2H3,(H,11,12)/p-1/t6-,7+,8-,9?/m1/s1. The number of phosphoric acid groups is 1. The fraction of sp³-hybridized carbons (Fsp3) is 1.00. The molecule has 0 spiro atoms. The van der Waals surface area contributed by atoms with E-state index in [1.165, 1.54) is 0 Å². The van der Waals surface area contributed by atoms with Crippen molar-refractivity contribution in [3.63, 3.8) is 0 Å². The van der Waals surface area contributed by atoms with E-state index in [9.17, 15) is 9.46 Å². The van der Waals surface area contributed by atoms with Crippen LogP contribution in [0.1, 0.15) is 20.3 Å². The van der Waals surface area contributed by atoms with Crippen molar-refractivity contribution in [2.45, 2.75) is 44.4 Å². The summed E-state index contributed by atoms with van der Waals surface area (Å²) in [6.45, 7) is 4.26. The Kier molecular flexibility index (Phi) is 3.48. The Morgan fingerprint density at radius 1 is 1.56 bits per heavy atom. The van der Waals surface area contributed by atoms with E-state index < -0.39 is 20.0 Å². The highest BCUT2D eigenvalue weighted by atomic mass is 31.2. The van der Waals surface area contributed by atoms with E-state index in [1.54, 1.807) is 0 Å². The third kappa shape index (κ3) is 2.52. The summed E-state index contributed by atoms with van der Waals surface area (Å²) < 4.78 is 26.5. The van der Waals surface area contributed by atoms with Crippen LogP contribution in [-0.4, -0.2) is 32.8 Å². The van der Waals surface area contributed by atoms with E-state index in [0.717, 1.165) is 0 Å². The van der Waals surface area contributed by atoms with Crippen LogP contribution in [0.25, 0.3) is 0 Å². The number of rotatable bonds is 3. The highest BCUT2D eigenvalue weighted by molar-refractivity contribution is 7.46. The van der Waals surface area contributed by atoms with Crippen molar-refractivity contribution in [3.8, 4) is 0 Å². The Hall–Kier alpha value is 0.135. The number of ether oxygens (including phenoxy) is 1. The molecule has 2 unspecified atom stereocenters. The molecule has 1 aliphatic carbocycles. The third-order valence-electron chi connectivity index (χ3n) is 2.96. The zero-order chi connectivity index (χ0) is 11.9. The molecule has 7 heteroatoms. The zero-order valence-electron chi connectivity index (χ0n) is 9.37. The van der Waals surface area contributed by atoms with Crippen molar-refractivity contribution in [1.82, 2.24) is 0 Å². The summed E-state index contributed by atoms with van der Waals surface area (Å²) in [4.78, 5) is 11.2. The first-order valence-electron chi connectivity index (χ1n) is 5.44. The summed E-state index contributed by atoms with van der Waals surface area (Å²) in [5.74, 6) is -0.385. The van der Waals surface area contributed by atoms with E-state index in [1.807, 2.05) is 13.8 Å². The average Bonchev–Trinajstić information content (AvgIpc) is 2.31. The second kappa shape index (κ2) is 4.43. The highest BCUT2D eigenvalue weighted by Crippen LogP contribution is 2.57. The largest absolute Gasteiger partial charge is 0.756 e. The van der Waals surface area contributed by atoms with Crippen LogP contribution in [0.4, 0.5) is 0 Å². The summed E-state index contributed by atoms with van der Waals surface area (Å²) in [7, 11) is 1.67. The minimum Gasteiger partial charge on any atom is -0.756 e. The van der Waals surface area contributed by atoms with Crippen LogP contribution in [0.2, 0.25) is 5.82 Å². The molecule has 1 saturated carbocycles. The molecular weight excluding hydrogens is 230 g/mol. The molecule has 16 heavy (non-hydrogen) atoms. The van der Waals surface area contributed by atoms with Gasteiger partial charge in [-0.3, -0.25) is 4.57 Å². The topological polar surface area (TPSA) is 67.8 Å². The van der Waals surface area contributed by atoms with Gasteiger partial charge in [-0.2, -0.15) is 0 Å². The van der Waals surface area contributed by atoms with Gasteiger partial charge in [-0.05, 0) is 26.1 Å². The minimum absolute atomic E-state index is 0.0894. The van der Waals surface area contributed by atoms with Gasteiger partial charge < -0.3 is 18.7 Å². The quantitative estimate of drug-likeness (QED) is 0.539. The molecule has 2 rings (SSSR count). The van der Waals surface area contributed by atoms with Gasteiger partial charge >= 0.3 is 0 Å². The number of hydrogen-bond acceptors (Lipinski definition) is 5. The molecular formula is C9H15BO5P-. The van der Waals surface area contributed by atoms with E-state index in [4.69, 9.17) is 21.6 Å². The first-order valence-corrected chi connectivity index (χ1v) is 6.90. The lowest BCUT2D eigenvalue weighted by Gasteiger charge is -2.38. The molecule has 2 fully saturated rings. The van der Waals surface area contributed by atoms with Crippen LogP contribution >= 0.6 is 7.82 Å². The molecule has 2 radical (unpaired) electrons. The fourth-order valence-corrected chi connectivity index (χ4v) is 3.46. The summed E-state index contributed by atoms with van der Waals surface area (Å²) in [6, 6.07) is 0. The molecule has 5 atom stereocenters. The first-order chi connectivity index (χ1) is 7.39. The Bertz CT molecular complexity index is 310. The van der Waals surface area contributed by atoms with Gasteiger partial charge in [0.25, 0.3) is 7.82 Å². The van der Waals surface area contributed by atoms with Crippen molar-refractivity contribution in [2.24, 2.45) is 5.92 Å². The smallest absolute Gasteiger partial charge is 0.268 e. The van der Waals surface area contributed by atoms with E-state index in [-0.39, 0.29) is 17.8 Å². The Labute approximate surface area is 96.5 Å². The van der Waals surface area contributed by atoms with Crippen LogP contribution in [0, 0.1) is 5.92 Å². The molecule has 1 aliphatic heterocycles. The highest BCUT2D eigenvalue weighted by Gasteiger charge is 2.49. The summed E-state index contributed by atoms with van der Waals surface area (Å²) in [5, 5.41) is 0. The Morgan fingerprint density at radius 2 is 2.25 bits per heavy atom. The second-order valence-electron chi connectivity index (χ2n) is 4.61. The van der Waals surface area contributed by atoms with Crippen molar-refractivity contribution >= 4 is 15.7 Å². The van der Waals surface area contributed by atoms with Gasteiger partial charge in [0.1, 0.15) is 0 Å². The number of fused-ring (bicyclic) bond motifs is 2. The van der Waals surface area contributed by atoms with Crippen molar-refractivity contribution in [3.05, 3.63) is 0 Å². The summed E-state index contributed by atoms with van der Waals surface area (Å²) in [6.07, 6.45) is -0.295. The predicted octanol–water partition coefficient (Wildman–Crippen LogP) is 0.641. The molecule has 0 aromatic heterocycles. The molecule has 0 N–H and O–H groups in total. The zero-order valence-corrected chi connectivity index (χ0v) is 10.3.